The summed E-state index contributed by atoms with van der Waals surface area (Å²) in [5.41, 5.74) is 1.99. The first kappa shape index (κ1) is 35.4. The third-order valence-electron chi connectivity index (χ3n) is 5.87. The van der Waals surface area contributed by atoms with Crippen molar-refractivity contribution >= 4 is 5.69 Å². The van der Waals surface area contributed by atoms with Gasteiger partial charge in [0.1, 0.15) is 0 Å². The molecule has 31 heavy (non-hydrogen) atoms. The minimum absolute atomic E-state index is 0. The Bertz CT molecular complexity index is 503. The Morgan fingerprint density at radius 1 is 0.548 bits per heavy atom. The summed E-state index contributed by atoms with van der Waals surface area (Å²) in [6.45, 7) is 2.29. The van der Waals surface area contributed by atoms with Crippen molar-refractivity contribution in [3.05, 3.63) is 34.8 Å². The van der Waals surface area contributed by atoms with Crippen LogP contribution in [0.25, 0.3) is 4.98 Å². The summed E-state index contributed by atoms with van der Waals surface area (Å²) in [6.07, 6.45) is 26.8. The molecule has 0 amide bonds. The van der Waals surface area contributed by atoms with Crippen molar-refractivity contribution < 1.29 is 44.3 Å². The summed E-state index contributed by atoms with van der Waals surface area (Å²) in [5, 5.41) is 8.69. The van der Waals surface area contributed by atoms with Gasteiger partial charge < -0.3 is 24.8 Å². The Morgan fingerprint density at radius 3 is 1.19 bits per heavy atom. The molecule has 0 aromatic heterocycles. The zero-order valence-corrected chi connectivity index (χ0v) is 24.6. The van der Waals surface area contributed by atoms with Crippen LogP contribution >= 0.6 is 0 Å². The minimum atomic E-state index is 0. The van der Waals surface area contributed by atoms with Gasteiger partial charge in [0.05, 0.1) is 0 Å². The monoisotopic (exact) mass is 519 g/mol. The summed E-state index contributed by atoms with van der Waals surface area (Å²) < 4.78 is 0. The summed E-state index contributed by atoms with van der Waals surface area (Å²) in [6, 6.07) is 7.90. The first-order valence-electron chi connectivity index (χ1n) is 12.3. The smallest absolute Gasteiger partial charge is 0.385 e. The molecule has 0 unspecified atom stereocenters. The SMILES string of the molecule is CCCCCCCCCCCCCCCCCCCCc1ccc([N+]#N)cc1.[Cl-].[Cl-].[Zn]. The maximum Gasteiger partial charge on any atom is 0.385 e. The van der Waals surface area contributed by atoms with Crippen molar-refractivity contribution in [2.75, 3.05) is 0 Å². The molecule has 0 aliphatic rings. The van der Waals surface area contributed by atoms with Crippen molar-refractivity contribution in [2.24, 2.45) is 0 Å². The van der Waals surface area contributed by atoms with Crippen molar-refractivity contribution in [1.82, 2.24) is 0 Å². The zero-order chi connectivity index (χ0) is 20.1. The van der Waals surface area contributed by atoms with Crippen molar-refractivity contribution in [3.63, 3.8) is 0 Å². The van der Waals surface area contributed by atoms with E-state index in [0.717, 1.165) is 6.42 Å². The number of benzene rings is 1. The van der Waals surface area contributed by atoms with Gasteiger partial charge in [0.15, 0.2) is 4.98 Å². The third kappa shape index (κ3) is 22.8. The van der Waals surface area contributed by atoms with Gasteiger partial charge in [-0.15, -0.1) is 0 Å². The maximum atomic E-state index is 8.69. The van der Waals surface area contributed by atoms with Crippen molar-refractivity contribution in [2.45, 2.75) is 129 Å². The van der Waals surface area contributed by atoms with Crippen LogP contribution < -0.4 is 24.8 Å². The van der Waals surface area contributed by atoms with Crippen LogP contribution in [0.5, 0.6) is 0 Å². The Morgan fingerprint density at radius 2 is 0.871 bits per heavy atom. The van der Waals surface area contributed by atoms with Gasteiger partial charge in [-0.05, 0) is 18.4 Å². The number of rotatable bonds is 19. The van der Waals surface area contributed by atoms with Gasteiger partial charge in [0.2, 0.25) is 5.39 Å². The summed E-state index contributed by atoms with van der Waals surface area (Å²) in [4.78, 5) is 3.20. The summed E-state index contributed by atoms with van der Waals surface area (Å²) in [7, 11) is 0. The van der Waals surface area contributed by atoms with Gasteiger partial charge in [0.25, 0.3) is 0 Å². The molecule has 1 rings (SSSR count). The summed E-state index contributed by atoms with van der Waals surface area (Å²) in [5.74, 6) is 0. The normalized spacial score (nSPS) is 9.81. The van der Waals surface area contributed by atoms with E-state index in [1.807, 2.05) is 12.1 Å². The van der Waals surface area contributed by atoms with E-state index in [1.54, 1.807) is 0 Å². The molecule has 0 fully saturated rings. The minimum Gasteiger partial charge on any atom is -1.00 e. The molecule has 0 spiro atoms. The molecular formula is C26H45Cl2N2Zn-. The number of diazo groups is 1. The third-order valence-corrected chi connectivity index (χ3v) is 5.87. The molecule has 0 heterocycles. The average Bonchev–Trinajstić information content (AvgIpc) is 2.73. The van der Waals surface area contributed by atoms with Gasteiger partial charge in [-0.2, -0.15) is 0 Å². The molecule has 0 saturated heterocycles. The molecule has 0 saturated carbocycles. The second-order valence-electron chi connectivity index (χ2n) is 8.53. The molecule has 0 aliphatic heterocycles. The second kappa shape index (κ2) is 27.9. The van der Waals surface area contributed by atoms with Gasteiger partial charge >= 0.3 is 5.69 Å². The van der Waals surface area contributed by atoms with Gasteiger partial charge in [-0.1, -0.05) is 128 Å². The zero-order valence-electron chi connectivity index (χ0n) is 20.1. The van der Waals surface area contributed by atoms with Crippen LogP contribution in [0.3, 0.4) is 0 Å². The van der Waals surface area contributed by atoms with E-state index in [-0.39, 0.29) is 44.3 Å². The van der Waals surface area contributed by atoms with E-state index in [2.05, 4.69) is 24.0 Å². The van der Waals surface area contributed by atoms with Gasteiger partial charge in [-0.3, -0.25) is 0 Å². The largest absolute Gasteiger partial charge is 1.00 e. The molecule has 0 radical (unpaired) electrons. The van der Waals surface area contributed by atoms with E-state index in [4.69, 9.17) is 5.39 Å². The molecule has 1 aromatic rings. The number of halogens is 2. The van der Waals surface area contributed by atoms with Crippen LogP contribution in [0.4, 0.5) is 5.69 Å². The number of nitrogens with zero attached hydrogens (tertiary/aromatic N) is 2. The van der Waals surface area contributed by atoms with Gasteiger partial charge in [-0.25, -0.2) is 0 Å². The van der Waals surface area contributed by atoms with E-state index in [1.165, 1.54) is 121 Å². The molecule has 1 aromatic carbocycles. The second-order valence-corrected chi connectivity index (χ2v) is 8.53. The molecule has 5 heteroatoms. The quantitative estimate of drug-likeness (QED) is 0.155. The molecule has 176 valence electrons. The predicted molar refractivity (Wildman–Crippen MR) is 124 cm³/mol. The van der Waals surface area contributed by atoms with Crippen molar-refractivity contribution in [1.29, 1.82) is 5.39 Å². The van der Waals surface area contributed by atoms with Gasteiger partial charge in [0, 0.05) is 31.6 Å². The molecule has 2 nitrogen and oxygen atoms in total. The van der Waals surface area contributed by atoms with E-state index < -0.39 is 0 Å². The molecule has 0 aliphatic carbocycles. The van der Waals surface area contributed by atoms with Crippen LogP contribution in [0.2, 0.25) is 0 Å². The number of aryl methyl sites for hydroxylation is 1. The van der Waals surface area contributed by atoms with Crippen LogP contribution in [0, 0.1) is 5.39 Å². The Labute approximate surface area is 218 Å². The van der Waals surface area contributed by atoms with E-state index >= 15 is 0 Å². The average molecular weight is 522 g/mol. The Balaban J connectivity index is -0.00000261. The fraction of sp³-hybridized carbons (Fsp3) is 0.769. The molecule has 0 bridgehead atoms. The van der Waals surface area contributed by atoms with Crippen molar-refractivity contribution in [3.8, 4) is 0 Å². The summed E-state index contributed by atoms with van der Waals surface area (Å²) >= 11 is 0. The fourth-order valence-corrected chi connectivity index (χ4v) is 3.96. The van der Waals surface area contributed by atoms with Crippen LogP contribution in [-0.2, 0) is 25.9 Å². The number of unbranched alkanes of at least 4 members (excludes halogenated alkanes) is 17. The molecular weight excluding hydrogens is 477 g/mol. The van der Waals surface area contributed by atoms with Crippen LogP contribution in [0.15, 0.2) is 24.3 Å². The fourth-order valence-electron chi connectivity index (χ4n) is 3.96. The number of hydrogen-bond acceptors (Lipinski definition) is 1. The van der Waals surface area contributed by atoms with E-state index in [0.29, 0.717) is 5.69 Å². The van der Waals surface area contributed by atoms with E-state index in [9.17, 15) is 0 Å². The first-order valence-corrected chi connectivity index (χ1v) is 12.3. The Kier molecular flexibility index (Phi) is 31.9. The standard InChI is InChI=1S/C26H45N2.2ClH.Zn/c1-2-3-4-5-6-7-8-9-10-11-12-13-14-15-16-17-18-19-20-25-21-23-26(28-27)24-22-25;;;/h21-24H,2-20H2,1H3;2*1H;/q+1;;;/p-2. The first-order chi connectivity index (χ1) is 13.9. The van der Waals surface area contributed by atoms with Crippen LogP contribution in [-0.4, -0.2) is 0 Å². The van der Waals surface area contributed by atoms with Crippen LogP contribution in [0.1, 0.15) is 128 Å². The maximum absolute atomic E-state index is 8.69. The molecule has 0 atom stereocenters. The topological polar surface area (TPSA) is 28.1 Å². The molecule has 0 N–H and O–H groups in total. The Hall–Kier alpha value is -0.157. The number of hydrogen-bond donors (Lipinski definition) is 0. The predicted octanol–water partition coefficient (Wildman–Crippen LogP) is 3.76.